The Hall–Kier alpha value is -1.68. The Morgan fingerprint density at radius 1 is 1.32 bits per heavy atom. The zero-order valence-electron chi connectivity index (χ0n) is 11.3. The molecule has 1 aromatic heterocycles. The van der Waals surface area contributed by atoms with Gasteiger partial charge < -0.3 is 11.1 Å². The Kier molecular flexibility index (Phi) is 4.32. The molecule has 0 atom stereocenters. The molecular weight excluding hydrogens is 254 g/mol. The standard InChI is InChI=1S/C15H19N3S/c1-3-10(4-2)18-14-11-7-5-6-8-13(11)17-9-12(14)15(16)19/h5-10H,3-4H2,1-2H3,(H2,16,19)(H,17,18). The molecule has 0 saturated heterocycles. The van der Waals surface area contributed by atoms with E-state index in [0.29, 0.717) is 11.0 Å². The number of anilines is 1. The van der Waals surface area contributed by atoms with Crippen molar-refractivity contribution in [3.8, 4) is 0 Å². The van der Waals surface area contributed by atoms with E-state index in [0.717, 1.165) is 35.0 Å². The van der Waals surface area contributed by atoms with Gasteiger partial charge in [0.25, 0.3) is 0 Å². The number of hydrogen-bond acceptors (Lipinski definition) is 3. The second kappa shape index (κ2) is 5.97. The highest BCUT2D eigenvalue weighted by atomic mass is 32.1. The third-order valence-electron chi connectivity index (χ3n) is 3.37. The predicted molar refractivity (Wildman–Crippen MR) is 85.6 cm³/mol. The van der Waals surface area contributed by atoms with Gasteiger partial charge in [-0.05, 0) is 18.9 Å². The number of nitrogens with two attached hydrogens (primary N) is 1. The number of fused-ring (bicyclic) bond motifs is 1. The largest absolute Gasteiger partial charge is 0.389 e. The molecule has 3 N–H and O–H groups in total. The Balaban J connectivity index is 2.58. The van der Waals surface area contributed by atoms with Gasteiger partial charge in [-0.2, -0.15) is 0 Å². The van der Waals surface area contributed by atoms with Gasteiger partial charge in [0.2, 0.25) is 0 Å². The summed E-state index contributed by atoms with van der Waals surface area (Å²) >= 11 is 5.14. The molecule has 2 aromatic rings. The molecule has 0 saturated carbocycles. The molecule has 100 valence electrons. The van der Waals surface area contributed by atoms with E-state index >= 15 is 0 Å². The minimum absolute atomic E-state index is 0.381. The van der Waals surface area contributed by atoms with Crippen LogP contribution in [0.1, 0.15) is 32.3 Å². The van der Waals surface area contributed by atoms with Crippen molar-refractivity contribution in [3.05, 3.63) is 36.0 Å². The first-order chi connectivity index (χ1) is 9.17. The maximum Gasteiger partial charge on any atom is 0.107 e. The highest BCUT2D eigenvalue weighted by Gasteiger charge is 2.13. The molecule has 0 fully saturated rings. The monoisotopic (exact) mass is 273 g/mol. The number of para-hydroxylation sites is 1. The lowest BCUT2D eigenvalue weighted by atomic mass is 10.1. The number of thiocarbonyl (C=S) groups is 1. The molecule has 19 heavy (non-hydrogen) atoms. The summed E-state index contributed by atoms with van der Waals surface area (Å²) in [5.74, 6) is 0. The Bertz CT molecular complexity index is 591. The number of nitrogens with zero attached hydrogens (tertiary/aromatic N) is 1. The molecule has 0 aliphatic heterocycles. The topological polar surface area (TPSA) is 50.9 Å². The van der Waals surface area contributed by atoms with Gasteiger partial charge >= 0.3 is 0 Å². The molecule has 2 rings (SSSR count). The molecule has 4 heteroatoms. The van der Waals surface area contributed by atoms with Gasteiger partial charge in [-0.25, -0.2) is 0 Å². The molecule has 0 aliphatic rings. The Morgan fingerprint density at radius 2 is 2.00 bits per heavy atom. The van der Waals surface area contributed by atoms with E-state index in [2.05, 4.69) is 30.2 Å². The molecule has 0 bridgehead atoms. The second-order valence-electron chi connectivity index (χ2n) is 4.59. The molecule has 0 amide bonds. The van der Waals surface area contributed by atoms with Crippen molar-refractivity contribution in [2.45, 2.75) is 32.7 Å². The third kappa shape index (κ3) is 2.84. The second-order valence-corrected chi connectivity index (χ2v) is 5.03. The summed E-state index contributed by atoms with van der Waals surface area (Å²) in [5.41, 5.74) is 8.60. The van der Waals surface area contributed by atoms with Crippen molar-refractivity contribution >= 4 is 33.8 Å². The van der Waals surface area contributed by atoms with E-state index in [1.807, 2.05) is 18.2 Å². The van der Waals surface area contributed by atoms with Crippen LogP contribution in [0.2, 0.25) is 0 Å². The maximum absolute atomic E-state index is 5.82. The number of hydrogen-bond donors (Lipinski definition) is 2. The highest BCUT2D eigenvalue weighted by molar-refractivity contribution is 7.80. The normalized spacial score (nSPS) is 10.9. The number of nitrogens with one attached hydrogen (secondary N) is 1. The summed E-state index contributed by atoms with van der Waals surface area (Å²) < 4.78 is 0. The molecule has 0 unspecified atom stereocenters. The van der Waals surface area contributed by atoms with Gasteiger partial charge in [0, 0.05) is 17.6 Å². The molecule has 1 heterocycles. The van der Waals surface area contributed by atoms with Crippen LogP contribution >= 0.6 is 12.2 Å². The first kappa shape index (κ1) is 13.7. The van der Waals surface area contributed by atoms with Crippen LogP contribution < -0.4 is 11.1 Å². The molecule has 1 aromatic carbocycles. The Labute approximate surface area is 119 Å². The van der Waals surface area contributed by atoms with Gasteiger partial charge in [-0.15, -0.1) is 0 Å². The summed E-state index contributed by atoms with van der Waals surface area (Å²) in [6, 6.07) is 8.45. The first-order valence-corrected chi connectivity index (χ1v) is 7.02. The lowest BCUT2D eigenvalue weighted by Crippen LogP contribution is -2.21. The van der Waals surface area contributed by atoms with Gasteiger partial charge in [0.15, 0.2) is 0 Å². The van der Waals surface area contributed by atoms with Crippen molar-refractivity contribution in [2.24, 2.45) is 5.73 Å². The van der Waals surface area contributed by atoms with Gasteiger partial charge in [0.1, 0.15) is 4.99 Å². The van der Waals surface area contributed by atoms with Crippen LogP contribution in [0.15, 0.2) is 30.5 Å². The SMILES string of the molecule is CCC(CC)Nc1c(C(N)=S)cnc2ccccc12. The van der Waals surface area contributed by atoms with Gasteiger partial charge in [-0.1, -0.05) is 44.3 Å². The molecule has 0 spiro atoms. The Morgan fingerprint density at radius 3 is 2.63 bits per heavy atom. The van der Waals surface area contributed by atoms with Crippen molar-refractivity contribution in [3.63, 3.8) is 0 Å². The summed E-state index contributed by atoms with van der Waals surface area (Å²) in [6.07, 6.45) is 3.88. The van der Waals surface area contributed by atoms with Crippen molar-refractivity contribution in [1.82, 2.24) is 4.98 Å². The van der Waals surface area contributed by atoms with E-state index in [4.69, 9.17) is 18.0 Å². The average Bonchev–Trinajstić information content (AvgIpc) is 2.44. The molecule has 0 radical (unpaired) electrons. The van der Waals surface area contributed by atoms with Crippen molar-refractivity contribution < 1.29 is 0 Å². The van der Waals surface area contributed by atoms with Crippen LogP contribution in [-0.4, -0.2) is 16.0 Å². The first-order valence-electron chi connectivity index (χ1n) is 6.61. The lowest BCUT2D eigenvalue weighted by molar-refractivity contribution is 0.672. The van der Waals surface area contributed by atoms with E-state index < -0.39 is 0 Å². The summed E-state index contributed by atoms with van der Waals surface area (Å²) in [6.45, 7) is 4.34. The minimum atomic E-state index is 0.381. The summed E-state index contributed by atoms with van der Waals surface area (Å²) in [4.78, 5) is 4.80. The number of aromatic nitrogens is 1. The number of rotatable bonds is 5. The fourth-order valence-electron chi connectivity index (χ4n) is 2.18. The third-order valence-corrected chi connectivity index (χ3v) is 3.59. The highest BCUT2D eigenvalue weighted by Crippen LogP contribution is 2.27. The smallest absolute Gasteiger partial charge is 0.107 e. The zero-order chi connectivity index (χ0) is 13.8. The fraction of sp³-hybridized carbons (Fsp3) is 0.333. The minimum Gasteiger partial charge on any atom is -0.389 e. The van der Waals surface area contributed by atoms with Crippen LogP contribution in [0.25, 0.3) is 10.9 Å². The van der Waals surface area contributed by atoms with Crippen molar-refractivity contribution in [2.75, 3.05) is 5.32 Å². The maximum atomic E-state index is 5.82. The summed E-state index contributed by atoms with van der Waals surface area (Å²) in [7, 11) is 0. The zero-order valence-corrected chi connectivity index (χ0v) is 12.1. The number of benzene rings is 1. The van der Waals surface area contributed by atoms with Crippen molar-refractivity contribution in [1.29, 1.82) is 0 Å². The van der Waals surface area contributed by atoms with Gasteiger partial charge in [-0.3, -0.25) is 4.98 Å². The number of pyridine rings is 1. The quantitative estimate of drug-likeness (QED) is 0.819. The van der Waals surface area contributed by atoms with Crippen LogP contribution in [0.5, 0.6) is 0 Å². The van der Waals surface area contributed by atoms with E-state index in [-0.39, 0.29) is 0 Å². The lowest BCUT2D eigenvalue weighted by Gasteiger charge is -2.20. The average molecular weight is 273 g/mol. The van der Waals surface area contributed by atoms with E-state index in [1.54, 1.807) is 6.20 Å². The van der Waals surface area contributed by atoms with Crippen LogP contribution in [0.3, 0.4) is 0 Å². The van der Waals surface area contributed by atoms with E-state index in [9.17, 15) is 0 Å². The molecule has 0 aliphatic carbocycles. The van der Waals surface area contributed by atoms with Crippen LogP contribution in [0, 0.1) is 0 Å². The fourth-order valence-corrected chi connectivity index (χ4v) is 2.34. The van der Waals surface area contributed by atoms with Crippen LogP contribution in [-0.2, 0) is 0 Å². The molecular formula is C15H19N3S. The summed E-state index contributed by atoms with van der Waals surface area (Å²) in [5, 5.41) is 4.63. The van der Waals surface area contributed by atoms with Crippen LogP contribution in [0.4, 0.5) is 5.69 Å². The van der Waals surface area contributed by atoms with Gasteiger partial charge in [0.05, 0.1) is 16.8 Å². The molecule has 3 nitrogen and oxygen atoms in total. The van der Waals surface area contributed by atoms with E-state index in [1.165, 1.54) is 0 Å². The predicted octanol–water partition coefficient (Wildman–Crippen LogP) is 3.47.